The van der Waals surface area contributed by atoms with Crippen LogP contribution in [0.1, 0.15) is 23.8 Å². The Kier molecular flexibility index (Phi) is 6.78. The zero-order chi connectivity index (χ0) is 22.7. The van der Waals surface area contributed by atoms with Crippen molar-refractivity contribution in [1.82, 2.24) is 15.2 Å². The van der Waals surface area contributed by atoms with Gasteiger partial charge in [0, 0.05) is 30.3 Å². The van der Waals surface area contributed by atoms with Crippen LogP contribution in [0, 0.1) is 5.41 Å². The molecule has 2 aliphatic heterocycles. The minimum Gasteiger partial charge on any atom is -0.386 e. The first-order valence-electron chi connectivity index (χ1n) is 10.6. The number of likely N-dealkylation sites (tertiary alicyclic amines) is 1. The maximum absolute atomic E-state index is 13.2. The van der Waals surface area contributed by atoms with Crippen LogP contribution in [0.3, 0.4) is 0 Å². The molecule has 0 saturated carbocycles. The molecule has 0 unspecified atom stereocenters. The number of aliphatic hydroxyl groups is 1. The predicted octanol–water partition coefficient (Wildman–Crippen LogP) is 2.72. The second-order valence-corrected chi connectivity index (χ2v) is 8.63. The van der Waals surface area contributed by atoms with Crippen molar-refractivity contribution in [3.63, 3.8) is 0 Å². The van der Waals surface area contributed by atoms with Gasteiger partial charge in [-0.15, -0.1) is 0 Å². The first-order chi connectivity index (χ1) is 15.4. The topological polar surface area (TPSA) is 74.7 Å². The van der Waals surface area contributed by atoms with Gasteiger partial charge < -0.3 is 15.2 Å². The number of rotatable bonds is 8. The van der Waals surface area contributed by atoms with Crippen molar-refractivity contribution in [3.8, 4) is 11.1 Å². The lowest BCUT2D eigenvalue weighted by Crippen LogP contribution is -2.44. The van der Waals surface area contributed by atoms with E-state index in [2.05, 4.69) is 9.88 Å². The van der Waals surface area contributed by atoms with Gasteiger partial charge in [-0.2, -0.15) is 8.78 Å². The zero-order valence-corrected chi connectivity index (χ0v) is 17.5. The molecule has 1 aromatic carbocycles. The van der Waals surface area contributed by atoms with E-state index in [4.69, 9.17) is 4.74 Å². The normalized spacial score (nSPS) is 19.7. The van der Waals surface area contributed by atoms with Crippen molar-refractivity contribution in [1.29, 1.82) is 0 Å². The minimum atomic E-state index is -3.27. The van der Waals surface area contributed by atoms with Gasteiger partial charge in [-0.1, -0.05) is 30.3 Å². The van der Waals surface area contributed by atoms with Crippen molar-refractivity contribution in [2.24, 2.45) is 5.41 Å². The van der Waals surface area contributed by atoms with Crippen LogP contribution in [0.15, 0.2) is 42.6 Å². The van der Waals surface area contributed by atoms with Gasteiger partial charge in [-0.05, 0) is 30.2 Å². The molecule has 0 radical (unpaired) electrons. The van der Waals surface area contributed by atoms with Crippen molar-refractivity contribution in [2.75, 3.05) is 33.0 Å². The molecule has 2 fully saturated rings. The highest BCUT2D eigenvalue weighted by atomic mass is 19.3. The van der Waals surface area contributed by atoms with Gasteiger partial charge in [0.25, 0.3) is 5.91 Å². The molecule has 32 heavy (non-hydrogen) atoms. The van der Waals surface area contributed by atoms with Crippen LogP contribution in [-0.2, 0) is 16.1 Å². The Morgan fingerprint density at radius 2 is 1.91 bits per heavy atom. The number of ether oxygens (including phenoxy) is 1. The molecule has 0 aliphatic carbocycles. The maximum Gasteiger partial charge on any atom is 0.315 e. The summed E-state index contributed by atoms with van der Waals surface area (Å²) in [4.78, 5) is 18.1. The van der Waals surface area contributed by atoms with Gasteiger partial charge in [-0.25, -0.2) is 4.39 Å². The lowest BCUT2D eigenvalue weighted by molar-refractivity contribution is -0.133. The van der Waals surface area contributed by atoms with Crippen LogP contribution in [0.5, 0.6) is 0 Å². The SMILES string of the molecule is O=C(N[C@H](CF)[C@H](O)c1ccc(-c2ccc(CN3CCC4(COC4)C3)nc2)cc1)C(F)F. The predicted molar refractivity (Wildman–Crippen MR) is 112 cm³/mol. The summed E-state index contributed by atoms with van der Waals surface area (Å²) in [5, 5.41) is 12.1. The summed E-state index contributed by atoms with van der Waals surface area (Å²) in [6.45, 7) is 3.42. The molecule has 2 N–H and O–H groups in total. The van der Waals surface area contributed by atoms with E-state index in [0.717, 1.165) is 49.7 Å². The highest BCUT2D eigenvalue weighted by Gasteiger charge is 2.44. The largest absolute Gasteiger partial charge is 0.386 e. The van der Waals surface area contributed by atoms with Gasteiger partial charge in [0.1, 0.15) is 12.8 Å². The molecular weight excluding hydrogens is 423 g/mol. The lowest BCUT2D eigenvalue weighted by atomic mass is 9.85. The molecule has 4 rings (SSSR count). The lowest BCUT2D eigenvalue weighted by Gasteiger charge is -2.37. The van der Waals surface area contributed by atoms with E-state index < -0.39 is 31.2 Å². The van der Waals surface area contributed by atoms with Gasteiger partial charge in [0.15, 0.2) is 0 Å². The maximum atomic E-state index is 13.2. The summed E-state index contributed by atoms with van der Waals surface area (Å²) in [6, 6.07) is 9.14. The number of amides is 1. The minimum absolute atomic E-state index is 0.318. The van der Waals surface area contributed by atoms with Crippen LogP contribution in [0.2, 0.25) is 0 Å². The molecule has 1 spiro atoms. The number of halogens is 3. The summed E-state index contributed by atoms with van der Waals surface area (Å²) in [6.07, 6.45) is -1.76. The number of aromatic nitrogens is 1. The second-order valence-electron chi connectivity index (χ2n) is 8.63. The van der Waals surface area contributed by atoms with E-state index in [-0.39, 0.29) is 0 Å². The van der Waals surface area contributed by atoms with E-state index in [9.17, 15) is 23.1 Å². The number of alkyl halides is 3. The smallest absolute Gasteiger partial charge is 0.315 e. The third kappa shape index (κ3) is 4.95. The summed E-state index contributed by atoms with van der Waals surface area (Å²) in [5.74, 6) is -1.61. The van der Waals surface area contributed by atoms with E-state index in [1.54, 1.807) is 30.5 Å². The Morgan fingerprint density at radius 1 is 1.19 bits per heavy atom. The fraction of sp³-hybridized carbons (Fsp3) is 0.478. The van der Waals surface area contributed by atoms with Crippen LogP contribution in [-0.4, -0.2) is 66.3 Å². The molecule has 1 amide bonds. The summed E-state index contributed by atoms with van der Waals surface area (Å²) in [5.41, 5.74) is 3.38. The molecule has 6 nitrogen and oxygen atoms in total. The second kappa shape index (κ2) is 9.56. The van der Waals surface area contributed by atoms with E-state index >= 15 is 0 Å². The Labute approximate surface area is 184 Å². The molecule has 9 heteroatoms. The van der Waals surface area contributed by atoms with E-state index in [1.807, 2.05) is 17.4 Å². The average molecular weight is 449 g/mol. The van der Waals surface area contributed by atoms with Crippen LogP contribution in [0.25, 0.3) is 11.1 Å². The number of nitrogens with one attached hydrogen (secondary N) is 1. The monoisotopic (exact) mass is 449 g/mol. The quantitative estimate of drug-likeness (QED) is 0.648. The molecule has 2 saturated heterocycles. The Morgan fingerprint density at radius 3 is 2.44 bits per heavy atom. The van der Waals surface area contributed by atoms with Gasteiger partial charge >= 0.3 is 6.43 Å². The summed E-state index contributed by atoms with van der Waals surface area (Å²) < 4.78 is 43.3. The number of carbonyl (C=O) groups excluding carboxylic acids is 1. The molecule has 2 aliphatic rings. The number of hydrogen-bond donors (Lipinski definition) is 2. The van der Waals surface area contributed by atoms with Crippen molar-refractivity contribution in [3.05, 3.63) is 53.9 Å². The Bertz CT molecular complexity index is 920. The first-order valence-corrected chi connectivity index (χ1v) is 10.6. The number of aliphatic hydroxyl groups excluding tert-OH is 1. The number of pyridine rings is 1. The van der Waals surface area contributed by atoms with E-state index in [1.165, 1.54) is 6.42 Å². The average Bonchev–Trinajstić information content (AvgIpc) is 3.22. The van der Waals surface area contributed by atoms with Crippen LogP contribution >= 0.6 is 0 Å². The van der Waals surface area contributed by atoms with Gasteiger partial charge in [-0.3, -0.25) is 14.7 Å². The fourth-order valence-corrected chi connectivity index (χ4v) is 4.26. The van der Waals surface area contributed by atoms with Crippen LogP contribution < -0.4 is 5.32 Å². The number of nitrogens with zero attached hydrogens (tertiary/aromatic N) is 2. The molecular formula is C23H26F3N3O3. The third-order valence-corrected chi connectivity index (χ3v) is 6.20. The standard InChI is InChI=1S/C23H26F3N3O3/c24-9-19(28-22(31)21(25)26)20(30)16-3-1-15(2-4-16)17-5-6-18(27-10-17)11-29-8-7-23(12-29)13-32-14-23/h1-6,10,19-21,30H,7-9,11-14H2,(H,28,31)/t19-,20-/m1/s1. The molecule has 3 heterocycles. The molecule has 2 atom stereocenters. The fourth-order valence-electron chi connectivity index (χ4n) is 4.26. The van der Waals surface area contributed by atoms with Crippen molar-refractivity contribution < 1.29 is 27.8 Å². The third-order valence-electron chi connectivity index (χ3n) is 6.20. The molecule has 2 aromatic rings. The summed E-state index contributed by atoms with van der Waals surface area (Å²) in [7, 11) is 0. The number of benzene rings is 1. The number of hydrogen-bond acceptors (Lipinski definition) is 5. The Balaban J connectivity index is 1.36. The molecule has 1 aromatic heterocycles. The van der Waals surface area contributed by atoms with Crippen molar-refractivity contribution in [2.45, 2.75) is 31.5 Å². The first kappa shape index (κ1) is 22.7. The molecule has 0 bridgehead atoms. The van der Waals surface area contributed by atoms with E-state index in [0.29, 0.717) is 11.0 Å². The number of carbonyl (C=O) groups is 1. The van der Waals surface area contributed by atoms with Gasteiger partial charge in [0.2, 0.25) is 0 Å². The van der Waals surface area contributed by atoms with Crippen molar-refractivity contribution >= 4 is 5.91 Å². The summed E-state index contributed by atoms with van der Waals surface area (Å²) >= 11 is 0. The van der Waals surface area contributed by atoms with Crippen LogP contribution in [0.4, 0.5) is 13.2 Å². The highest BCUT2D eigenvalue weighted by molar-refractivity contribution is 5.79. The zero-order valence-electron chi connectivity index (χ0n) is 17.5. The highest BCUT2D eigenvalue weighted by Crippen LogP contribution is 2.37. The Hall–Kier alpha value is -2.49. The van der Waals surface area contributed by atoms with Gasteiger partial charge in [0.05, 0.1) is 24.9 Å². The molecule has 172 valence electrons.